The number of carbonyl (C=O) groups is 1. The third-order valence-electron chi connectivity index (χ3n) is 4.09. The highest BCUT2D eigenvalue weighted by atomic mass is 79.9. The van der Waals surface area contributed by atoms with Gasteiger partial charge < -0.3 is 9.73 Å². The molecular weight excluding hydrogens is 396 g/mol. The molecule has 2 aromatic carbocycles. The molecule has 0 radical (unpaired) electrons. The maximum absolute atomic E-state index is 12.5. The van der Waals surface area contributed by atoms with Gasteiger partial charge in [0.25, 0.3) is 5.91 Å². The summed E-state index contributed by atoms with van der Waals surface area (Å²) >= 11 is 3.35. The van der Waals surface area contributed by atoms with Crippen LogP contribution in [0.4, 0.5) is 5.82 Å². The van der Waals surface area contributed by atoms with E-state index in [1.807, 2.05) is 18.2 Å². The highest BCUT2D eigenvalue weighted by Crippen LogP contribution is 2.25. The molecule has 5 nitrogen and oxygen atoms in total. The van der Waals surface area contributed by atoms with Crippen molar-refractivity contribution in [3.8, 4) is 0 Å². The Bertz CT molecular complexity index is 1230. The fraction of sp³-hybridized carbons (Fsp3) is 0.0500. The van der Waals surface area contributed by atoms with Crippen molar-refractivity contribution in [3.05, 3.63) is 80.6 Å². The van der Waals surface area contributed by atoms with Crippen LogP contribution in [-0.4, -0.2) is 10.9 Å². The monoisotopic (exact) mass is 408 g/mol. The molecule has 0 aliphatic carbocycles. The highest BCUT2D eigenvalue weighted by molar-refractivity contribution is 9.10. The molecule has 128 valence electrons. The average molecular weight is 409 g/mol. The number of nitrogens with zero attached hydrogens (tertiary/aromatic N) is 1. The van der Waals surface area contributed by atoms with Crippen LogP contribution < -0.4 is 10.9 Å². The van der Waals surface area contributed by atoms with Crippen molar-refractivity contribution in [1.82, 2.24) is 4.98 Å². The van der Waals surface area contributed by atoms with Crippen molar-refractivity contribution in [3.63, 3.8) is 0 Å². The van der Waals surface area contributed by atoms with Crippen molar-refractivity contribution in [2.75, 3.05) is 5.32 Å². The van der Waals surface area contributed by atoms with E-state index >= 15 is 0 Å². The molecular formula is C20H13BrN2O3. The zero-order chi connectivity index (χ0) is 18.3. The number of fused-ring (bicyclic) bond motifs is 3. The largest absolute Gasteiger partial charge is 0.422 e. The number of halogens is 1. The van der Waals surface area contributed by atoms with Crippen molar-refractivity contribution >= 4 is 49.5 Å². The van der Waals surface area contributed by atoms with E-state index in [2.05, 4.69) is 26.2 Å². The molecule has 1 amide bonds. The summed E-state index contributed by atoms with van der Waals surface area (Å²) in [7, 11) is 0. The molecule has 0 spiro atoms. The number of carbonyl (C=O) groups excluding carboxylic acids is 1. The standard InChI is InChI=1S/C20H13BrN2O3/c1-11-9-16(23-19(24)12-5-4-6-13(21)10-12)22-18-14-7-2-3-8-15(14)26-20(25)17(11)18/h2-10H,1H3,(H,22,23,24). The van der Waals surface area contributed by atoms with Gasteiger partial charge in [0.1, 0.15) is 11.4 Å². The third kappa shape index (κ3) is 2.88. The quantitative estimate of drug-likeness (QED) is 0.386. The van der Waals surface area contributed by atoms with E-state index in [-0.39, 0.29) is 5.91 Å². The first-order valence-electron chi connectivity index (χ1n) is 7.93. The number of pyridine rings is 1. The molecule has 0 aliphatic rings. The number of anilines is 1. The van der Waals surface area contributed by atoms with Gasteiger partial charge >= 0.3 is 5.63 Å². The van der Waals surface area contributed by atoms with Crippen molar-refractivity contribution in [1.29, 1.82) is 0 Å². The van der Waals surface area contributed by atoms with Crippen LogP contribution in [0.5, 0.6) is 0 Å². The maximum Gasteiger partial charge on any atom is 0.346 e. The second-order valence-electron chi connectivity index (χ2n) is 5.90. The molecule has 0 saturated carbocycles. The molecule has 2 heterocycles. The number of rotatable bonds is 2. The van der Waals surface area contributed by atoms with E-state index in [4.69, 9.17) is 4.42 Å². The first-order chi connectivity index (χ1) is 12.5. The lowest BCUT2D eigenvalue weighted by Crippen LogP contribution is -2.14. The van der Waals surface area contributed by atoms with E-state index in [1.165, 1.54) is 0 Å². The maximum atomic E-state index is 12.5. The van der Waals surface area contributed by atoms with Gasteiger partial charge in [-0.25, -0.2) is 9.78 Å². The van der Waals surface area contributed by atoms with E-state index in [0.29, 0.717) is 33.4 Å². The van der Waals surface area contributed by atoms with E-state index in [9.17, 15) is 9.59 Å². The molecule has 4 rings (SSSR count). The Labute approximate surface area is 156 Å². The molecule has 0 atom stereocenters. The Balaban J connectivity index is 1.85. The Hall–Kier alpha value is -2.99. The fourth-order valence-corrected chi connectivity index (χ4v) is 3.31. The van der Waals surface area contributed by atoms with Crippen molar-refractivity contribution < 1.29 is 9.21 Å². The number of nitrogens with one attached hydrogen (secondary N) is 1. The molecule has 2 aromatic heterocycles. The van der Waals surface area contributed by atoms with Crippen LogP contribution in [0.3, 0.4) is 0 Å². The summed E-state index contributed by atoms with van der Waals surface area (Å²) in [5.41, 5.74) is 1.75. The number of aryl methyl sites for hydroxylation is 1. The van der Waals surface area contributed by atoms with Gasteiger partial charge in [-0.05, 0) is 48.9 Å². The number of aromatic nitrogens is 1. The predicted molar refractivity (Wildman–Crippen MR) is 105 cm³/mol. The molecule has 4 aromatic rings. The first-order valence-corrected chi connectivity index (χ1v) is 8.72. The van der Waals surface area contributed by atoms with Gasteiger partial charge in [0.15, 0.2) is 0 Å². The van der Waals surface area contributed by atoms with Crippen LogP contribution in [-0.2, 0) is 0 Å². The normalized spacial score (nSPS) is 11.0. The van der Waals surface area contributed by atoms with Crippen molar-refractivity contribution in [2.24, 2.45) is 0 Å². The number of amides is 1. The molecule has 26 heavy (non-hydrogen) atoms. The molecule has 0 bridgehead atoms. The smallest absolute Gasteiger partial charge is 0.346 e. The predicted octanol–water partition coefficient (Wildman–Crippen LogP) is 4.66. The lowest BCUT2D eigenvalue weighted by Gasteiger charge is -2.09. The number of hydrogen-bond donors (Lipinski definition) is 1. The van der Waals surface area contributed by atoms with Crippen LogP contribution in [0.15, 0.2) is 68.3 Å². The number of benzene rings is 2. The minimum atomic E-state index is -0.437. The van der Waals surface area contributed by atoms with Gasteiger partial charge in [0.05, 0.1) is 10.9 Å². The van der Waals surface area contributed by atoms with Crippen LogP contribution in [0, 0.1) is 6.92 Å². The summed E-state index contributed by atoms with van der Waals surface area (Å²) in [6.45, 7) is 1.80. The zero-order valence-corrected chi connectivity index (χ0v) is 15.3. The number of para-hydroxylation sites is 1. The van der Waals surface area contributed by atoms with E-state index in [1.54, 1.807) is 43.3 Å². The summed E-state index contributed by atoms with van der Waals surface area (Å²) in [6, 6.07) is 16.0. The average Bonchev–Trinajstić information content (AvgIpc) is 2.61. The molecule has 0 aliphatic heterocycles. The zero-order valence-electron chi connectivity index (χ0n) is 13.7. The second kappa shape index (κ2) is 6.38. The van der Waals surface area contributed by atoms with Gasteiger partial charge in [-0.1, -0.05) is 34.1 Å². The fourth-order valence-electron chi connectivity index (χ4n) is 2.91. The van der Waals surface area contributed by atoms with Crippen LogP contribution >= 0.6 is 15.9 Å². The van der Waals surface area contributed by atoms with Crippen LogP contribution in [0.25, 0.3) is 21.9 Å². The Morgan fingerprint density at radius 3 is 2.73 bits per heavy atom. The lowest BCUT2D eigenvalue weighted by molar-refractivity contribution is 0.102. The summed E-state index contributed by atoms with van der Waals surface area (Å²) in [5, 5.41) is 3.95. The minimum Gasteiger partial charge on any atom is -0.422 e. The number of hydrogen-bond acceptors (Lipinski definition) is 4. The molecule has 0 fully saturated rings. The van der Waals surface area contributed by atoms with E-state index < -0.39 is 5.63 Å². The van der Waals surface area contributed by atoms with Gasteiger partial charge in [-0.15, -0.1) is 0 Å². The summed E-state index contributed by atoms with van der Waals surface area (Å²) in [5.74, 6) is 0.112. The van der Waals surface area contributed by atoms with Gasteiger partial charge in [0.2, 0.25) is 0 Å². The summed E-state index contributed by atoms with van der Waals surface area (Å²) in [4.78, 5) is 29.3. The lowest BCUT2D eigenvalue weighted by atomic mass is 10.1. The van der Waals surface area contributed by atoms with Gasteiger partial charge in [-0.3, -0.25) is 4.79 Å². The molecule has 6 heteroatoms. The van der Waals surface area contributed by atoms with E-state index in [0.717, 1.165) is 9.86 Å². The topological polar surface area (TPSA) is 72.2 Å². The van der Waals surface area contributed by atoms with Gasteiger partial charge in [-0.2, -0.15) is 0 Å². The van der Waals surface area contributed by atoms with Crippen molar-refractivity contribution in [2.45, 2.75) is 6.92 Å². The Morgan fingerprint density at radius 1 is 1.12 bits per heavy atom. The summed E-state index contributed by atoms with van der Waals surface area (Å²) in [6.07, 6.45) is 0. The highest BCUT2D eigenvalue weighted by Gasteiger charge is 2.14. The molecule has 0 unspecified atom stereocenters. The third-order valence-corrected chi connectivity index (χ3v) is 4.59. The second-order valence-corrected chi connectivity index (χ2v) is 6.81. The Morgan fingerprint density at radius 2 is 1.92 bits per heavy atom. The first kappa shape index (κ1) is 16.5. The SMILES string of the molecule is Cc1cc(NC(=O)c2cccc(Br)c2)nc2c1c(=O)oc1ccccc12. The summed E-state index contributed by atoms with van der Waals surface area (Å²) < 4.78 is 6.19. The Kier molecular flexibility index (Phi) is 4.05. The van der Waals surface area contributed by atoms with Gasteiger partial charge in [0, 0.05) is 15.4 Å². The van der Waals surface area contributed by atoms with Crippen LogP contribution in [0.2, 0.25) is 0 Å². The molecule has 0 saturated heterocycles. The van der Waals surface area contributed by atoms with Crippen LogP contribution in [0.1, 0.15) is 15.9 Å². The minimum absolute atomic E-state index is 0.273. The molecule has 1 N–H and O–H groups in total.